The number of thiophene rings is 1. The molecule has 0 radical (unpaired) electrons. The highest BCUT2D eigenvalue weighted by molar-refractivity contribution is 7.18. The number of anilines is 1. The smallest absolute Gasteiger partial charge is 0.355 e. The Hall–Kier alpha value is -3.03. The van der Waals surface area contributed by atoms with Crippen molar-refractivity contribution in [3.63, 3.8) is 0 Å². The Kier molecular flexibility index (Phi) is 8.01. The molecular weight excluding hydrogens is 482 g/mol. The molecule has 1 aliphatic carbocycles. The predicted octanol–water partition coefficient (Wildman–Crippen LogP) is 4.87. The van der Waals surface area contributed by atoms with Crippen molar-refractivity contribution >= 4 is 28.9 Å². The SMILES string of the molecule is CC1CCC(C(=O)N(c2cc(-c3ccccc3)sc2C(=O)Oc2cccnc2)C2CC[NH+](C)CC2)CC1. The van der Waals surface area contributed by atoms with E-state index in [1.165, 1.54) is 22.4 Å². The molecule has 7 heteroatoms. The van der Waals surface area contributed by atoms with Crippen molar-refractivity contribution < 1.29 is 19.2 Å². The van der Waals surface area contributed by atoms with Gasteiger partial charge in [-0.05, 0) is 55.4 Å². The minimum absolute atomic E-state index is 0.00507. The first-order valence-corrected chi connectivity index (χ1v) is 14.3. The second kappa shape index (κ2) is 11.6. The summed E-state index contributed by atoms with van der Waals surface area (Å²) < 4.78 is 5.75. The number of hydrogen-bond donors (Lipinski definition) is 1. The quantitative estimate of drug-likeness (QED) is 0.473. The summed E-state index contributed by atoms with van der Waals surface area (Å²) in [4.78, 5) is 36.8. The summed E-state index contributed by atoms with van der Waals surface area (Å²) in [6.07, 6.45) is 9.03. The predicted molar refractivity (Wildman–Crippen MR) is 147 cm³/mol. The molecule has 194 valence electrons. The van der Waals surface area contributed by atoms with Crippen molar-refractivity contribution in [1.82, 2.24) is 4.98 Å². The van der Waals surface area contributed by atoms with Gasteiger partial charge in [0.1, 0.15) is 10.6 Å². The monoisotopic (exact) mass is 518 g/mol. The third kappa shape index (κ3) is 5.94. The van der Waals surface area contributed by atoms with E-state index >= 15 is 0 Å². The van der Waals surface area contributed by atoms with Crippen LogP contribution in [0.4, 0.5) is 5.69 Å². The molecule has 2 fully saturated rings. The Morgan fingerprint density at radius 1 is 1.00 bits per heavy atom. The lowest BCUT2D eigenvalue weighted by Gasteiger charge is -2.38. The van der Waals surface area contributed by atoms with Crippen LogP contribution < -0.4 is 14.5 Å². The normalized spacial score (nSPS) is 23.8. The van der Waals surface area contributed by atoms with E-state index in [0.29, 0.717) is 22.2 Å². The van der Waals surface area contributed by atoms with Crippen LogP contribution in [0, 0.1) is 11.8 Å². The molecule has 3 heterocycles. The van der Waals surface area contributed by atoms with Crippen LogP contribution in [0.1, 0.15) is 55.1 Å². The first kappa shape index (κ1) is 25.6. The molecule has 0 bridgehead atoms. The number of piperidine rings is 1. The molecule has 5 rings (SSSR count). The highest BCUT2D eigenvalue weighted by Gasteiger charge is 2.38. The minimum atomic E-state index is -0.441. The van der Waals surface area contributed by atoms with Gasteiger partial charge in [-0.25, -0.2) is 4.79 Å². The molecule has 2 aliphatic rings. The average molecular weight is 519 g/mol. The maximum Gasteiger partial charge on any atom is 0.355 e. The Morgan fingerprint density at radius 3 is 2.41 bits per heavy atom. The van der Waals surface area contributed by atoms with Crippen molar-refractivity contribution in [2.45, 2.75) is 51.5 Å². The van der Waals surface area contributed by atoms with Crippen LogP contribution in [0.25, 0.3) is 10.4 Å². The second-order valence-electron chi connectivity index (χ2n) is 10.6. The number of quaternary nitrogens is 1. The van der Waals surface area contributed by atoms with Gasteiger partial charge in [-0.1, -0.05) is 37.3 Å². The molecule has 1 saturated carbocycles. The summed E-state index contributed by atoms with van der Waals surface area (Å²) in [7, 11) is 2.21. The zero-order valence-electron chi connectivity index (χ0n) is 21.7. The number of rotatable bonds is 6. The van der Waals surface area contributed by atoms with Gasteiger partial charge in [-0.3, -0.25) is 9.78 Å². The molecule has 1 aliphatic heterocycles. The zero-order chi connectivity index (χ0) is 25.8. The number of aromatic nitrogens is 1. The van der Waals surface area contributed by atoms with E-state index < -0.39 is 5.97 Å². The summed E-state index contributed by atoms with van der Waals surface area (Å²) in [5.74, 6) is 0.800. The second-order valence-corrected chi connectivity index (χ2v) is 11.7. The van der Waals surface area contributed by atoms with Gasteiger partial charge in [0.2, 0.25) is 5.91 Å². The van der Waals surface area contributed by atoms with Crippen molar-refractivity contribution in [2.24, 2.45) is 11.8 Å². The molecule has 0 unspecified atom stereocenters. The first-order chi connectivity index (χ1) is 18.0. The Morgan fingerprint density at radius 2 is 1.73 bits per heavy atom. The van der Waals surface area contributed by atoms with E-state index in [1.54, 1.807) is 18.3 Å². The third-order valence-electron chi connectivity index (χ3n) is 7.84. The molecule has 3 aromatic rings. The number of hydrogen-bond acceptors (Lipinski definition) is 5. The molecule has 1 amide bonds. The van der Waals surface area contributed by atoms with Crippen molar-refractivity contribution in [1.29, 1.82) is 0 Å². The zero-order valence-corrected chi connectivity index (χ0v) is 22.5. The number of carbonyl (C=O) groups excluding carboxylic acids is 2. The maximum absolute atomic E-state index is 14.2. The lowest BCUT2D eigenvalue weighted by atomic mass is 9.82. The van der Waals surface area contributed by atoms with Gasteiger partial charge < -0.3 is 14.5 Å². The first-order valence-electron chi connectivity index (χ1n) is 13.5. The fourth-order valence-electron chi connectivity index (χ4n) is 5.56. The largest absolute Gasteiger partial charge is 0.421 e. The molecule has 0 atom stereocenters. The molecule has 37 heavy (non-hydrogen) atoms. The molecule has 0 spiro atoms. The molecule has 1 aromatic carbocycles. The minimum Gasteiger partial charge on any atom is -0.421 e. The fraction of sp³-hybridized carbons (Fsp3) is 0.433. The van der Waals surface area contributed by atoms with Crippen molar-refractivity contribution in [3.05, 3.63) is 65.8 Å². The molecule has 1 saturated heterocycles. The molecular formula is C30H36N3O3S+. The number of benzene rings is 1. The summed E-state index contributed by atoms with van der Waals surface area (Å²) in [6.45, 7) is 4.30. The standard InChI is InChI=1S/C30H35N3O3S/c1-21-10-12-23(13-11-21)29(34)33(24-14-17-32(2)18-15-24)26-19-27(22-7-4-3-5-8-22)37-28(26)30(35)36-25-9-6-16-31-20-25/h3-9,16,19-21,23-24H,10-15,17-18H2,1-2H3/p+1. The van der Waals surface area contributed by atoms with E-state index in [9.17, 15) is 9.59 Å². The van der Waals surface area contributed by atoms with Crippen LogP contribution in [0.3, 0.4) is 0 Å². The van der Waals surface area contributed by atoms with Gasteiger partial charge in [0.15, 0.2) is 0 Å². The van der Waals surface area contributed by atoms with Gasteiger partial charge in [0, 0.05) is 35.9 Å². The van der Waals surface area contributed by atoms with E-state index in [1.807, 2.05) is 41.3 Å². The summed E-state index contributed by atoms with van der Waals surface area (Å²) in [6, 6.07) is 15.6. The van der Waals surface area contributed by atoms with Crippen LogP contribution in [0.15, 0.2) is 60.9 Å². The van der Waals surface area contributed by atoms with E-state index in [2.05, 4.69) is 19.0 Å². The molecule has 6 nitrogen and oxygen atoms in total. The van der Waals surface area contributed by atoms with Gasteiger partial charge in [-0.15, -0.1) is 11.3 Å². The highest BCUT2D eigenvalue weighted by atomic mass is 32.1. The Labute approximate surface area is 223 Å². The maximum atomic E-state index is 14.2. The number of likely N-dealkylation sites (tertiary alicyclic amines) is 1. The van der Waals surface area contributed by atoms with Crippen molar-refractivity contribution in [2.75, 3.05) is 25.0 Å². The van der Waals surface area contributed by atoms with Gasteiger partial charge in [-0.2, -0.15) is 0 Å². The van der Waals surface area contributed by atoms with Gasteiger partial charge >= 0.3 is 5.97 Å². The summed E-state index contributed by atoms with van der Waals surface area (Å²) in [5, 5.41) is 0. The lowest BCUT2D eigenvalue weighted by Crippen LogP contribution is -3.10. The number of ether oxygens (including phenoxy) is 1. The number of pyridine rings is 1. The van der Waals surface area contributed by atoms with Crippen LogP contribution in [0.5, 0.6) is 5.75 Å². The highest BCUT2D eigenvalue weighted by Crippen LogP contribution is 2.41. The number of nitrogens with zero attached hydrogens (tertiary/aromatic N) is 2. The van der Waals surface area contributed by atoms with Crippen LogP contribution in [0.2, 0.25) is 0 Å². The van der Waals surface area contributed by atoms with E-state index in [0.717, 1.165) is 62.1 Å². The average Bonchev–Trinajstić information content (AvgIpc) is 3.36. The summed E-state index contributed by atoms with van der Waals surface area (Å²) in [5.41, 5.74) is 1.73. The van der Waals surface area contributed by atoms with Crippen LogP contribution >= 0.6 is 11.3 Å². The van der Waals surface area contributed by atoms with E-state index in [-0.39, 0.29) is 17.9 Å². The number of carbonyl (C=O) groups is 2. The Balaban J connectivity index is 1.55. The Bertz CT molecular complexity index is 1200. The summed E-state index contributed by atoms with van der Waals surface area (Å²) >= 11 is 1.40. The van der Waals surface area contributed by atoms with Crippen molar-refractivity contribution in [3.8, 4) is 16.2 Å². The molecule has 1 N–H and O–H groups in total. The van der Waals surface area contributed by atoms with Gasteiger partial charge in [0.25, 0.3) is 0 Å². The number of nitrogens with one attached hydrogen (secondary N) is 1. The van der Waals surface area contributed by atoms with E-state index in [4.69, 9.17) is 4.74 Å². The molecule has 2 aromatic heterocycles. The third-order valence-corrected chi connectivity index (χ3v) is 8.99. The fourth-order valence-corrected chi connectivity index (χ4v) is 6.60. The number of amides is 1. The van der Waals surface area contributed by atoms with Crippen LogP contribution in [-0.2, 0) is 4.79 Å². The number of esters is 1. The van der Waals surface area contributed by atoms with Crippen LogP contribution in [-0.4, -0.2) is 43.0 Å². The topological polar surface area (TPSA) is 63.9 Å². The lowest BCUT2D eigenvalue weighted by molar-refractivity contribution is -0.884. The van der Waals surface area contributed by atoms with Gasteiger partial charge in [0.05, 0.1) is 32.0 Å².